The third kappa shape index (κ3) is 2.43. The van der Waals surface area contributed by atoms with E-state index in [2.05, 4.69) is 5.32 Å². The fourth-order valence-corrected chi connectivity index (χ4v) is 2.87. The van der Waals surface area contributed by atoms with Crippen molar-refractivity contribution in [3.63, 3.8) is 0 Å². The van der Waals surface area contributed by atoms with E-state index in [0.29, 0.717) is 0 Å². The predicted molar refractivity (Wildman–Crippen MR) is 83.8 cm³/mol. The zero-order valence-corrected chi connectivity index (χ0v) is 11.6. The number of carbonyl (C=O) groups is 1. The molecule has 0 radical (unpaired) electrons. The third-order valence-corrected chi connectivity index (χ3v) is 4.14. The van der Waals surface area contributed by atoms with Crippen LogP contribution in [0.3, 0.4) is 0 Å². The molecule has 4 heteroatoms. The number of fused-ring (bicyclic) bond motifs is 1. The van der Waals surface area contributed by atoms with Crippen molar-refractivity contribution >= 4 is 33.7 Å². The van der Waals surface area contributed by atoms with Gasteiger partial charge in [0.25, 0.3) is 0 Å². The molecule has 0 aliphatic rings. The number of nitrogens with one attached hydrogen (secondary N) is 1. The van der Waals surface area contributed by atoms with Crippen molar-refractivity contribution in [1.82, 2.24) is 0 Å². The van der Waals surface area contributed by atoms with Crippen molar-refractivity contribution in [2.24, 2.45) is 5.73 Å². The third-order valence-electron chi connectivity index (χ3n) is 3.18. The van der Waals surface area contributed by atoms with Gasteiger partial charge in [0.1, 0.15) is 6.04 Å². The van der Waals surface area contributed by atoms with E-state index in [1.807, 2.05) is 60.0 Å². The Hall–Kier alpha value is -2.17. The van der Waals surface area contributed by atoms with Gasteiger partial charge in [-0.1, -0.05) is 42.5 Å². The lowest BCUT2D eigenvalue weighted by molar-refractivity contribution is -0.117. The SMILES string of the molecule is NC(C(=O)Nc1cccc2ccccc12)c1cccs1. The standard InChI is InChI=1S/C16H14N2OS/c17-15(14-9-4-10-20-14)16(19)18-13-8-3-6-11-5-1-2-7-12(11)13/h1-10,15H,17H2,(H,18,19). The Kier molecular flexibility index (Phi) is 3.50. The molecule has 3 N–H and O–H groups in total. The molecule has 1 amide bonds. The van der Waals surface area contributed by atoms with Gasteiger partial charge in [0.05, 0.1) is 0 Å². The molecule has 1 unspecified atom stereocenters. The van der Waals surface area contributed by atoms with Crippen molar-refractivity contribution in [2.75, 3.05) is 5.32 Å². The minimum absolute atomic E-state index is 0.191. The van der Waals surface area contributed by atoms with Gasteiger partial charge in [0, 0.05) is 16.0 Å². The maximum absolute atomic E-state index is 12.2. The number of rotatable bonds is 3. The van der Waals surface area contributed by atoms with Gasteiger partial charge in [-0.15, -0.1) is 11.3 Å². The summed E-state index contributed by atoms with van der Waals surface area (Å²) in [7, 11) is 0. The van der Waals surface area contributed by atoms with Gasteiger partial charge in [-0.05, 0) is 22.9 Å². The molecule has 100 valence electrons. The summed E-state index contributed by atoms with van der Waals surface area (Å²) in [5.41, 5.74) is 6.77. The number of nitrogens with two attached hydrogens (primary N) is 1. The van der Waals surface area contributed by atoms with Gasteiger partial charge in [0.2, 0.25) is 5.91 Å². The molecular formula is C16H14N2OS. The van der Waals surface area contributed by atoms with Crippen molar-refractivity contribution in [2.45, 2.75) is 6.04 Å². The fraction of sp³-hybridized carbons (Fsp3) is 0.0625. The lowest BCUT2D eigenvalue weighted by Crippen LogP contribution is -2.27. The van der Waals surface area contributed by atoms with E-state index in [-0.39, 0.29) is 5.91 Å². The van der Waals surface area contributed by atoms with Gasteiger partial charge in [-0.3, -0.25) is 4.79 Å². The van der Waals surface area contributed by atoms with Crippen molar-refractivity contribution in [3.8, 4) is 0 Å². The highest BCUT2D eigenvalue weighted by atomic mass is 32.1. The van der Waals surface area contributed by atoms with Gasteiger partial charge in [-0.2, -0.15) is 0 Å². The van der Waals surface area contributed by atoms with E-state index in [4.69, 9.17) is 5.73 Å². The van der Waals surface area contributed by atoms with E-state index in [1.165, 1.54) is 11.3 Å². The van der Waals surface area contributed by atoms with Crippen molar-refractivity contribution in [3.05, 3.63) is 64.9 Å². The summed E-state index contributed by atoms with van der Waals surface area (Å²) in [6, 6.07) is 16.9. The fourth-order valence-electron chi connectivity index (χ4n) is 2.14. The van der Waals surface area contributed by atoms with Crippen LogP contribution < -0.4 is 11.1 Å². The summed E-state index contributed by atoms with van der Waals surface area (Å²) in [4.78, 5) is 13.1. The lowest BCUT2D eigenvalue weighted by atomic mass is 10.1. The summed E-state index contributed by atoms with van der Waals surface area (Å²) >= 11 is 1.49. The summed E-state index contributed by atoms with van der Waals surface area (Å²) in [5, 5.41) is 6.94. The van der Waals surface area contributed by atoms with Crippen molar-refractivity contribution in [1.29, 1.82) is 0 Å². The second-order valence-electron chi connectivity index (χ2n) is 4.51. The molecule has 0 fully saturated rings. The Balaban J connectivity index is 1.88. The van der Waals surface area contributed by atoms with Gasteiger partial charge in [0.15, 0.2) is 0 Å². The second kappa shape index (κ2) is 5.45. The van der Waals surface area contributed by atoms with E-state index in [9.17, 15) is 4.79 Å². The lowest BCUT2D eigenvalue weighted by Gasteiger charge is -2.12. The topological polar surface area (TPSA) is 55.1 Å². The minimum atomic E-state index is -0.631. The summed E-state index contributed by atoms with van der Waals surface area (Å²) in [6.45, 7) is 0. The molecule has 3 nitrogen and oxygen atoms in total. The van der Waals surface area contributed by atoms with E-state index in [0.717, 1.165) is 21.3 Å². The molecule has 1 heterocycles. The van der Waals surface area contributed by atoms with Gasteiger partial charge < -0.3 is 11.1 Å². The average Bonchev–Trinajstić information content (AvgIpc) is 3.01. The van der Waals surface area contributed by atoms with Crippen LogP contribution in [0.25, 0.3) is 10.8 Å². The Morgan fingerprint density at radius 3 is 2.65 bits per heavy atom. The Labute approximate surface area is 121 Å². The van der Waals surface area contributed by atoms with Crippen molar-refractivity contribution < 1.29 is 4.79 Å². The highest BCUT2D eigenvalue weighted by Gasteiger charge is 2.17. The maximum Gasteiger partial charge on any atom is 0.246 e. The Morgan fingerprint density at radius 1 is 1.05 bits per heavy atom. The van der Waals surface area contributed by atoms with Crippen LogP contribution in [-0.2, 0) is 4.79 Å². The first-order valence-corrected chi connectivity index (χ1v) is 7.21. The smallest absolute Gasteiger partial charge is 0.246 e. The monoisotopic (exact) mass is 282 g/mol. The first-order chi connectivity index (χ1) is 9.75. The molecule has 3 aromatic rings. The van der Waals surface area contributed by atoms with Gasteiger partial charge in [-0.25, -0.2) is 0 Å². The summed E-state index contributed by atoms with van der Waals surface area (Å²) in [5.74, 6) is -0.191. The highest BCUT2D eigenvalue weighted by Crippen LogP contribution is 2.24. The zero-order chi connectivity index (χ0) is 13.9. The van der Waals surface area contributed by atoms with Crippen LogP contribution in [-0.4, -0.2) is 5.91 Å². The number of amides is 1. The molecule has 0 aliphatic carbocycles. The molecule has 0 bridgehead atoms. The van der Waals surface area contributed by atoms with Crippen LogP contribution in [0.1, 0.15) is 10.9 Å². The second-order valence-corrected chi connectivity index (χ2v) is 5.49. The maximum atomic E-state index is 12.2. The van der Waals surface area contributed by atoms with Crippen LogP contribution in [0.4, 0.5) is 5.69 Å². The molecule has 0 spiro atoms. The normalized spacial score (nSPS) is 12.2. The molecule has 0 aliphatic heterocycles. The summed E-state index contributed by atoms with van der Waals surface area (Å²) in [6.07, 6.45) is 0. The number of thiophene rings is 1. The number of benzene rings is 2. The number of hydrogen-bond donors (Lipinski definition) is 2. The predicted octanol–water partition coefficient (Wildman–Crippen LogP) is 3.54. The van der Waals surface area contributed by atoms with Crippen LogP contribution >= 0.6 is 11.3 Å². The van der Waals surface area contributed by atoms with Crippen LogP contribution in [0.15, 0.2) is 60.0 Å². The highest BCUT2D eigenvalue weighted by molar-refractivity contribution is 7.10. The number of anilines is 1. The Bertz CT molecular complexity index is 732. The minimum Gasteiger partial charge on any atom is -0.324 e. The molecule has 0 saturated carbocycles. The number of hydrogen-bond acceptors (Lipinski definition) is 3. The average molecular weight is 282 g/mol. The van der Waals surface area contributed by atoms with Crippen LogP contribution in [0.5, 0.6) is 0 Å². The molecule has 2 aromatic carbocycles. The number of carbonyl (C=O) groups excluding carboxylic acids is 1. The van der Waals surface area contributed by atoms with Crippen LogP contribution in [0, 0.1) is 0 Å². The first kappa shape index (κ1) is 12.8. The van der Waals surface area contributed by atoms with E-state index < -0.39 is 6.04 Å². The molecule has 0 saturated heterocycles. The zero-order valence-electron chi connectivity index (χ0n) is 10.7. The first-order valence-electron chi connectivity index (χ1n) is 6.33. The van der Waals surface area contributed by atoms with Gasteiger partial charge >= 0.3 is 0 Å². The van der Waals surface area contributed by atoms with E-state index in [1.54, 1.807) is 0 Å². The molecule has 1 aromatic heterocycles. The molecule has 20 heavy (non-hydrogen) atoms. The van der Waals surface area contributed by atoms with E-state index >= 15 is 0 Å². The summed E-state index contributed by atoms with van der Waals surface area (Å²) < 4.78 is 0. The van der Waals surface area contributed by atoms with Crippen LogP contribution in [0.2, 0.25) is 0 Å². The Morgan fingerprint density at radius 2 is 1.85 bits per heavy atom. The largest absolute Gasteiger partial charge is 0.324 e. The molecule has 1 atom stereocenters. The molecule has 3 rings (SSSR count). The quantitative estimate of drug-likeness (QED) is 0.772. The molecular weight excluding hydrogens is 268 g/mol.